The van der Waals surface area contributed by atoms with Gasteiger partial charge in [0.15, 0.2) is 0 Å². The Morgan fingerprint density at radius 2 is 0.621 bits per heavy atom. The van der Waals surface area contributed by atoms with Crippen molar-refractivity contribution in [1.29, 1.82) is 0 Å². The second-order valence-corrected chi connectivity index (χ2v) is 14.6. The molecule has 0 bridgehead atoms. The molecule has 4 aromatic rings. The van der Waals surface area contributed by atoms with Crippen LogP contribution in [0.15, 0.2) is 146 Å². The minimum absolute atomic E-state index is 0.0843. The van der Waals surface area contributed by atoms with Crippen molar-refractivity contribution in [2.45, 2.75) is 12.2 Å². The average Bonchev–Trinajstić information content (AvgIpc) is 3.91. The van der Waals surface area contributed by atoms with Crippen LogP contribution in [0, 0.1) is 0 Å². The van der Waals surface area contributed by atoms with Crippen molar-refractivity contribution in [2.75, 3.05) is 105 Å². The second kappa shape index (κ2) is 23.2. The van der Waals surface area contributed by atoms with E-state index in [2.05, 4.69) is 155 Å². The molecule has 0 atom stereocenters. The van der Waals surface area contributed by atoms with Crippen LogP contribution in [0.3, 0.4) is 0 Å². The van der Waals surface area contributed by atoms with Gasteiger partial charge in [-0.3, -0.25) is 9.80 Å². The highest BCUT2D eigenvalue weighted by atomic mass is 16.5. The Kier molecular flexibility index (Phi) is 16.7. The number of nitrogens with zero attached hydrogens (tertiary/aromatic N) is 2. The number of ether oxygens (including phenoxy) is 6. The maximum atomic E-state index is 6.44. The lowest BCUT2D eigenvalue weighted by atomic mass is 9.95. The van der Waals surface area contributed by atoms with Gasteiger partial charge in [-0.1, -0.05) is 121 Å². The fraction of sp³-hybridized carbons (Fsp3) is 0.360. The molecule has 8 nitrogen and oxygen atoms in total. The molecule has 304 valence electrons. The molecule has 3 aliphatic rings. The number of hydrogen-bond acceptors (Lipinski definition) is 8. The summed E-state index contributed by atoms with van der Waals surface area (Å²) in [5.41, 5.74) is 9.66. The van der Waals surface area contributed by atoms with Crippen LogP contribution < -0.4 is 0 Å². The van der Waals surface area contributed by atoms with Crippen LogP contribution in [-0.4, -0.2) is 127 Å². The lowest BCUT2D eigenvalue weighted by Gasteiger charge is -2.24. The molecule has 8 heteroatoms. The first-order valence-electron chi connectivity index (χ1n) is 20.9. The summed E-state index contributed by atoms with van der Waals surface area (Å²) in [7, 11) is 0. The van der Waals surface area contributed by atoms with Crippen molar-refractivity contribution in [1.82, 2.24) is 9.80 Å². The van der Waals surface area contributed by atoms with Gasteiger partial charge in [-0.15, -0.1) is 0 Å². The first-order chi connectivity index (χ1) is 28.8. The van der Waals surface area contributed by atoms with Crippen molar-refractivity contribution < 1.29 is 28.4 Å². The topological polar surface area (TPSA) is 61.9 Å². The predicted octanol–water partition coefficient (Wildman–Crippen LogP) is 7.80. The molecule has 0 N–H and O–H groups in total. The molecule has 1 fully saturated rings. The molecule has 4 aromatic carbocycles. The first-order valence-corrected chi connectivity index (χ1v) is 20.9. The van der Waals surface area contributed by atoms with Gasteiger partial charge in [0.1, 0.15) is 0 Å². The summed E-state index contributed by atoms with van der Waals surface area (Å²) in [5.74, 6) is 0. The van der Waals surface area contributed by atoms with Crippen LogP contribution in [-0.2, 0) is 28.4 Å². The van der Waals surface area contributed by atoms with Gasteiger partial charge in [-0.25, -0.2) is 0 Å². The number of hydrogen-bond donors (Lipinski definition) is 0. The molecular weight excluding hydrogens is 725 g/mol. The van der Waals surface area contributed by atoms with Gasteiger partial charge in [0, 0.05) is 39.3 Å². The van der Waals surface area contributed by atoms with Gasteiger partial charge in [0.25, 0.3) is 0 Å². The normalized spacial score (nSPS) is 19.2. The Morgan fingerprint density at radius 3 is 0.879 bits per heavy atom. The van der Waals surface area contributed by atoms with Crippen molar-refractivity contribution in [3.63, 3.8) is 0 Å². The molecule has 1 heterocycles. The molecule has 7 rings (SSSR count). The minimum atomic E-state index is -0.0843. The maximum Gasteiger partial charge on any atom is 0.0956 e. The molecule has 0 aromatic heterocycles. The molecule has 1 aliphatic heterocycles. The van der Waals surface area contributed by atoms with Gasteiger partial charge < -0.3 is 28.4 Å². The molecule has 1 saturated heterocycles. The minimum Gasteiger partial charge on any atom is -0.378 e. The lowest BCUT2D eigenvalue weighted by Crippen LogP contribution is -2.36. The quantitative estimate of drug-likeness (QED) is 0.144. The van der Waals surface area contributed by atoms with Crippen LogP contribution in [0.1, 0.15) is 22.3 Å². The Labute approximate surface area is 345 Å². The number of rotatable bonds is 12. The van der Waals surface area contributed by atoms with Gasteiger partial charge in [-0.2, -0.15) is 0 Å². The van der Waals surface area contributed by atoms with E-state index in [0.717, 1.165) is 39.3 Å². The van der Waals surface area contributed by atoms with E-state index in [1.807, 2.05) is 0 Å². The Balaban J connectivity index is 0.844. The van der Waals surface area contributed by atoms with Crippen LogP contribution >= 0.6 is 0 Å². The Bertz CT molecular complexity index is 1640. The third kappa shape index (κ3) is 12.8. The molecule has 0 spiro atoms. The van der Waals surface area contributed by atoms with Crippen LogP contribution in [0.5, 0.6) is 0 Å². The molecule has 58 heavy (non-hydrogen) atoms. The highest BCUT2D eigenvalue weighted by Crippen LogP contribution is 2.38. The fourth-order valence-electron chi connectivity index (χ4n) is 7.51. The van der Waals surface area contributed by atoms with Crippen molar-refractivity contribution in [2.24, 2.45) is 0 Å². The molecule has 0 radical (unpaired) electrons. The van der Waals surface area contributed by atoms with Crippen molar-refractivity contribution in [3.8, 4) is 0 Å². The number of allylic oxidation sites excluding steroid dienone is 4. The molecule has 0 saturated carbocycles. The average molecular weight is 783 g/mol. The summed E-state index contributed by atoms with van der Waals surface area (Å²) in [4.78, 5) is 4.71. The molecular formula is C50H58N2O6. The summed E-state index contributed by atoms with van der Waals surface area (Å²) in [6.07, 6.45) is 8.79. The lowest BCUT2D eigenvalue weighted by molar-refractivity contribution is -0.000316. The third-order valence-corrected chi connectivity index (χ3v) is 10.6. The van der Waals surface area contributed by atoms with Crippen LogP contribution in [0.4, 0.5) is 0 Å². The maximum absolute atomic E-state index is 6.44. The molecule has 0 unspecified atom stereocenters. The second-order valence-electron chi connectivity index (χ2n) is 14.6. The monoisotopic (exact) mass is 782 g/mol. The number of benzene rings is 4. The highest BCUT2D eigenvalue weighted by molar-refractivity contribution is 6.08. The van der Waals surface area contributed by atoms with E-state index < -0.39 is 0 Å². The molecule has 0 amide bonds. The largest absolute Gasteiger partial charge is 0.378 e. The summed E-state index contributed by atoms with van der Waals surface area (Å²) in [6, 6.07) is 42.2. The van der Waals surface area contributed by atoms with Gasteiger partial charge in [0.05, 0.1) is 78.3 Å². The summed E-state index contributed by atoms with van der Waals surface area (Å²) >= 11 is 0. The predicted molar refractivity (Wildman–Crippen MR) is 233 cm³/mol. The van der Waals surface area contributed by atoms with E-state index in [9.17, 15) is 0 Å². The fourth-order valence-corrected chi connectivity index (χ4v) is 7.51. The van der Waals surface area contributed by atoms with Crippen LogP contribution in [0.2, 0.25) is 0 Å². The summed E-state index contributed by atoms with van der Waals surface area (Å²) in [5, 5.41) is 0. The first kappa shape index (κ1) is 41.7. The zero-order valence-electron chi connectivity index (χ0n) is 33.7. The highest BCUT2D eigenvalue weighted by Gasteiger charge is 2.22. The van der Waals surface area contributed by atoms with E-state index in [-0.39, 0.29) is 12.2 Å². The SMILES string of the molecule is C1=C(c2ccccc2)C(c2ccccc2)=CC1OCCN1CCOCCOCCN(CCOC2C=C(c3ccccc3)C(c3ccccc3)=C2)CCOCCOCC1. The zero-order valence-corrected chi connectivity index (χ0v) is 33.7. The van der Waals surface area contributed by atoms with Crippen molar-refractivity contribution in [3.05, 3.63) is 168 Å². The smallest absolute Gasteiger partial charge is 0.0956 e. The van der Waals surface area contributed by atoms with Gasteiger partial charge in [-0.05, 0) is 68.9 Å². The third-order valence-electron chi connectivity index (χ3n) is 10.6. The van der Waals surface area contributed by atoms with Gasteiger partial charge in [0.2, 0.25) is 0 Å². The standard InChI is InChI=1S/C50H58N2O6/c1-5-13-41(14-6-1)47-37-45(38-48(47)42-15-7-2-8-16-42)57-31-25-51-21-27-53-33-35-55-29-23-52(24-30-56-36-34-54-28-22-51)26-32-58-46-39-49(43-17-9-3-10-18-43)50(40-46)44-19-11-4-12-20-44/h1-20,37-40,45-46H,21-36H2. The zero-order chi connectivity index (χ0) is 39.5. The Morgan fingerprint density at radius 1 is 0.362 bits per heavy atom. The van der Waals surface area contributed by atoms with E-state index in [1.54, 1.807) is 0 Å². The Hall–Kier alpha value is -4.48. The summed E-state index contributed by atoms with van der Waals surface area (Å²) < 4.78 is 36.9. The van der Waals surface area contributed by atoms with Gasteiger partial charge >= 0.3 is 0 Å². The van der Waals surface area contributed by atoms with E-state index >= 15 is 0 Å². The molecule has 2 aliphatic carbocycles. The van der Waals surface area contributed by atoms with Crippen molar-refractivity contribution >= 4 is 22.3 Å². The van der Waals surface area contributed by atoms with Crippen LogP contribution in [0.25, 0.3) is 22.3 Å². The van der Waals surface area contributed by atoms with E-state index in [1.165, 1.54) is 44.5 Å². The summed E-state index contributed by atoms with van der Waals surface area (Å²) in [6.45, 7) is 10.7. The van der Waals surface area contributed by atoms with E-state index in [0.29, 0.717) is 66.1 Å². The van der Waals surface area contributed by atoms with E-state index in [4.69, 9.17) is 28.4 Å².